The van der Waals surface area contributed by atoms with Gasteiger partial charge in [-0.1, -0.05) is 60.7 Å². The molecule has 1 aliphatic rings. The van der Waals surface area contributed by atoms with E-state index in [0.717, 1.165) is 24.0 Å². The van der Waals surface area contributed by atoms with Crippen LogP contribution in [-0.4, -0.2) is 57.6 Å². The van der Waals surface area contributed by atoms with Crippen LogP contribution < -0.4 is 15.1 Å². The summed E-state index contributed by atoms with van der Waals surface area (Å²) in [6.07, 6.45) is 0. The molecule has 4 aromatic rings. The molecule has 5 rings (SSSR count). The highest BCUT2D eigenvalue weighted by Gasteiger charge is 2.22. The highest BCUT2D eigenvalue weighted by atomic mass is 16.6. The van der Waals surface area contributed by atoms with E-state index in [-0.39, 0.29) is 6.04 Å². The van der Waals surface area contributed by atoms with E-state index in [9.17, 15) is 4.79 Å². The summed E-state index contributed by atoms with van der Waals surface area (Å²) in [6, 6.07) is 26.3. The van der Waals surface area contributed by atoms with Gasteiger partial charge in [-0.05, 0) is 35.7 Å². The van der Waals surface area contributed by atoms with E-state index in [1.165, 1.54) is 17.2 Å². The van der Waals surface area contributed by atoms with Crippen LogP contribution >= 0.6 is 0 Å². The second-order valence-corrected chi connectivity index (χ2v) is 9.20. The van der Waals surface area contributed by atoms with Crippen LogP contribution in [0.25, 0.3) is 11.0 Å². The summed E-state index contributed by atoms with van der Waals surface area (Å²) < 4.78 is 29.6. The summed E-state index contributed by atoms with van der Waals surface area (Å²) in [5.41, 5.74) is 3.24. The van der Waals surface area contributed by atoms with E-state index in [1.807, 2.05) is 31.2 Å². The summed E-state index contributed by atoms with van der Waals surface area (Å²) in [4.78, 5) is 14.5. The van der Waals surface area contributed by atoms with Crippen molar-refractivity contribution in [1.82, 2.24) is 4.90 Å². The first-order valence-electron chi connectivity index (χ1n) is 13.0. The van der Waals surface area contributed by atoms with Crippen LogP contribution in [0.5, 0.6) is 11.5 Å². The Bertz CT molecular complexity index is 1330. The third-order valence-electron chi connectivity index (χ3n) is 6.64. The van der Waals surface area contributed by atoms with Gasteiger partial charge < -0.3 is 23.4 Å². The minimum absolute atomic E-state index is 0.0783. The molecule has 0 spiro atoms. The Morgan fingerprint density at radius 2 is 1.32 bits per heavy atom. The SMILES string of the molecule is Cc1cc(=O)oc2c3c(ccc12)OCCOCCN(C(c1ccccc1)c1ccccc1)CCOCCO3. The fourth-order valence-corrected chi connectivity index (χ4v) is 4.83. The van der Waals surface area contributed by atoms with E-state index in [0.29, 0.717) is 56.7 Å². The molecule has 3 aromatic carbocycles. The summed E-state index contributed by atoms with van der Waals surface area (Å²) in [5, 5.41) is 0.811. The summed E-state index contributed by atoms with van der Waals surface area (Å²) >= 11 is 0. The lowest BCUT2D eigenvalue weighted by molar-refractivity contribution is 0.0502. The topological polar surface area (TPSA) is 70.4 Å². The normalized spacial score (nSPS) is 16.2. The lowest BCUT2D eigenvalue weighted by Crippen LogP contribution is -2.36. The lowest BCUT2D eigenvalue weighted by atomic mass is 9.97. The molecule has 2 heterocycles. The average molecular weight is 516 g/mol. The number of aryl methyl sites for hydroxylation is 1. The van der Waals surface area contributed by atoms with Gasteiger partial charge in [0.1, 0.15) is 13.2 Å². The molecule has 0 saturated heterocycles. The van der Waals surface area contributed by atoms with Crippen molar-refractivity contribution in [1.29, 1.82) is 0 Å². The van der Waals surface area contributed by atoms with Gasteiger partial charge in [-0.3, -0.25) is 4.90 Å². The van der Waals surface area contributed by atoms with Crippen molar-refractivity contribution in [2.24, 2.45) is 0 Å². The second kappa shape index (κ2) is 12.7. The maximum atomic E-state index is 12.1. The standard InChI is InChI=1S/C31H33NO6/c1-23-22-28(33)38-30-26(23)12-13-27-31(30)37-21-19-35-17-15-32(14-16-34-18-20-36-27)29(24-8-4-2-5-9-24)25-10-6-3-7-11-25/h2-13,22,29H,14-21H2,1H3. The molecule has 0 radical (unpaired) electrons. The molecule has 0 aliphatic carbocycles. The minimum atomic E-state index is -0.422. The first-order valence-corrected chi connectivity index (χ1v) is 13.0. The van der Waals surface area contributed by atoms with Crippen LogP contribution in [-0.2, 0) is 9.47 Å². The van der Waals surface area contributed by atoms with Crippen LogP contribution in [0.2, 0.25) is 0 Å². The Hall–Kier alpha value is -3.65. The molecule has 7 nitrogen and oxygen atoms in total. The number of hydrogen-bond donors (Lipinski definition) is 0. The number of rotatable bonds is 3. The second-order valence-electron chi connectivity index (χ2n) is 9.20. The van der Waals surface area contributed by atoms with Crippen molar-refractivity contribution in [2.75, 3.05) is 52.7 Å². The maximum Gasteiger partial charge on any atom is 0.336 e. The Balaban J connectivity index is 1.34. The molecule has 198 valence electrons. The molecular weight excluding hydrogens is 482 g/mol. The fraction of sp³-hybridized carbons (Fsp3) is 0.323. The van der Waals surface area contributed by atoms with Crippen LogP contribution in [0, 0.1) is 6.92 Å². The quantitative estimate of drug-likeness (QED) is 0.356. The van der Waals surface area contributed by atoms with Gasteiger partial charge >= 0.3 is 5.63 Å². The summed E-state index contributed by atoms with van der Waals surface area (Å²) in [5.74, 6) is 0.927. The van der Waals surface area contributed by atoms with Gasteiger partial charge in [0, 0.05) is 24.5 Å². The Labute approximate surface area is 222 Å². The molecule has 0 saturated carbocycles. The first kappa shape index (κ1) is 26.0. The molecule has 38 heavy (non-hydrogen) atoms. The number of nitrogens with zero attached hydrogens (tertiary/aromatic N) is 1. The zero-order valence-electron chi connectivity index (χ0n) is 21.6. The van der Waals surface area contributed by atoms with Gasteiger partial charge in [-0.15, -0.1) is 0 Å². The van der Waals surface area contributed by atoms with Crippen molar-refractivity contribution in [2.45, 2.75) is 13.0 Å². The monoisotopic (exact) mass is 515 g/mol. The lowest BCUT2D eigenvalue weighted by Gasteiger charge is -2.32. The molecule has 0 fully saturated rings. The first-order chi connectivity index (χ1) is 18.7. The molecule has 0 amide bonds. The smallest absolute Gasteiger partial charge is 0.336 e. The van der Waals surface area contributed by atoms with Gasteiger partial charge in [0.05, 0.1) is 32.5 Å². The summed E-state index contributed by atoms with van der Waals surface area (Å²) in [7, 11) is 0. The number of ether oxygens (including phenoxy) is 4. The van der Waals surface area contributed by atoms with Gasteiger partial charge in [-0.2, -0.15) is 0 Å². The zero-order chi connectivity index (χ0) is 26.2. The third kappa shape index (κ3) is 6.25. The number of fused-ring (bicyclic) bond motifs is 3. The van der Waals surface area contributed by atoms with Gasteiger partial charge in [0.2, 0.25) is 5.75 Å². The number of hydrogen-bond acceptors (Lipinski definition) is 7. The van der Waals surface area contributed by atoms with E-state index >= 15 is 0 Å². The molecular formula is C31H33NO6. The number of benzene rings is 3. The van der Waals surface area contributed by atoms with Crippen LogP contribution in [0.15, 0.2) is 88.1 Å². The van der Waals surface area contributed by atoms with E-state index in [1.54, 1.807) is 0 Å². The fourth-order valence-electron chi connectivity index (χ4n) is 4.83. The van der Waals surface area contributed by atoms with E-state index < -0.39 is 5.63 Å². The van der Waals surface area contributed by atoms with Gasteiger partial charge in [-0.25, -0.2) is 4.79 Å². The summed E-state index contributed by atoms with van der Waals surface area (Å²) in [6.45, 7) is 5.86. The molecule has 1 aromatic heterocycles. The predicted octanol–water partition coefficient (Wildman–Crippen LogP) is 5.00. The minimum Gasteiger partial charge on any atom is -0.487 e. The highest BCUT2D eigenvalue weighted by molar-refractivity contribution is 5.87. The predicted molar refractivity (Wildman–Crippen MR) is 146 cm³/mol. The zero-order valence-corrected chi connectivity index (χ0v) is 21.6. The van der Waals surface area contributed by atoms with Gasteiger partial charge in [0.15, 0.2) is 11.3 Å². The van der Waals surface area contributed by atoms with Crippen molar-refractivity contribution in [3.05, 3.63) is 106 Å². The highest BCUT2D eigenvalue weighted by Crippen LogP contribution is 2.36. The van der Waals surface area contributed by atoms with Crippen molar-refractivity contribution >= 4 is 11.0 Å². The van der Waals surface area contributed by atoms with Gasteiger partial charge in [0.25, 0.3) is 0 Å². The van der Waals surface area contributed by atoms with E-state index in [2.05, 4.69) is 53.4 Å². The molecule has 0 atom stereocenters. The Morgan fingerprint density at radius 3 is 1.95 bits per heavy atom. The third-order valence-corrected chi connectivity index (χ3v) is 6.64. The largest absolute Gasteiger partial charge is 0.487 e. The molecule has 0 N–H and O–H groups in total. The Morgan fingerprint density at radius 1 is 0.711 bits per heavy atom. The van der Waals surface area contributed by atoms with Crippen LogP contribution in [0.4, 0.5) is 0 Å². The van der Waals surface area contributed by atoms with E-state index in [4.69, 9.17) is 23.4 Å². The molecule has 7 heteroatoms. The van der Waals surface area contributed by atoms with Crippen molar-refractivity contribution in [3.63, 3.8) is 0 Å². The maximum absolute atomic E-state index is 12.1. The average Bonchev–Trinajstić information content (AvgIpc) is 2.94. The Kier molecular flexibility index (Phi) is 8.71. The molecule has 1 aliphatic heterocycles. The molecule has 0 bridgehead atoms. The van der Waals surface area contributed by atoms with Crippen LogP contribution in [0.1, 0.15) is 22.7 Å². The van der Waals surface area contributed by atoms with Crippen LogP contribution in [0.3, 0.4) is 0 Å². The van der Waals surface area contributed by atoms with Crippen molar-refractivity contribution in [3.8, 4) is 11.5 Å². The molecule has 0 unspecified atom stereocenters. The van der Waals surface area contributed by atoms with Crippen molar-refractivity contribution < 1.29 is 23.4 Å².